The predicted molar refractivity (Wildman–Crippen MR) is 117 cm³/mol. The molecule has 2 aliphatic heterocycles. The zero-order valence-corrected chi connectivity index (χ0v) is 16.4. The molecular weight excluding hydrogens is 352 g/mol. The van der Waals surface area contributed by atoms with Crippen LogP contribution in [0.5, 0.6) is 0 Å². The summed E-state index contributed by atoms with van der Waals surface area (Å²) in [6, 6.07) is 8.53. The molecule has 1 aromatic carbocycles. The zero-order valence-electron chi connectivity index (χ0n) is 16.4. The number of allylic oxidation sites excluding steroid dienone is 1. The Balaban J connectivity index is 1.73. The highest BCUT2D eigenvalue weighted by Crippen LogP contribution is 2.24. The van der Waals surface area contributed by atoms with Crippen molar-refractivity contribution in [3.05, 3.63) is 48.3 Å². The van der Waals surface area contributed by atoms with Crippen LogP contribution in [0.1, 0.15) is 12.0 Å². The van der Waals surface area contributed by atoms with Crippen LogP contribution < -0.4 is 10.2 Å². The molecule has 7 nitrogen and oxygen atoms in total. The molecule has 0 atom stereocenters. The van der Waals surface area contributed by atoms with Gasteiger partial charge < -0.3 is 15.3 Å². The minimum Gasteiger partial charge on any atom is -0.395 e. The minimum atomic E-state index is 0.226. The maximum absolute atomic E-state index is 9.08. The van der Waals surface area contributed by atoms with E-state index in [-0.39, 0.29) is 6.61 Å². The highest BCUT2D eigenvalue weighted by molar-refractivity contribution is 6.15. The first kappa shape index (κ1) is 20.0. The first-order valence-corrected chi connectivity index (χ1v) is 9.56. The number of rotatable bonds is 6. The number of nitrogens with one attached hydrogen (secondary N) is 1. The molecule has 0 radical (unpaired) electrons. The van der Waals surface area contributed by atoms with Crippen LogP contribution in [0.4, 0.5) is 5.69 Å². The van der Waals surface area contributed by atoms with E-state index in [9.17, 15) is 0 Å². The third-order valence-corrected chi connectivity index (χ3v) is 4.93. The molecule has 2 N–H and O–H groups in total. The first-order chi connectivity index (χ1) is 13.7. The summed E-state index contributed by atoms with van der Waals surface area (Å²) in [5.41, 5.74) is 4.11. The van der Waals surface area contributed by atoms with Crippen LogP contribution >= 0.6 is 0 Å². The highest BCUT2D eigenvalue weighted by Gasteiger charge is 2.17. The molecule has 0 aromatic heterocycles. The molecule has 7 heteroatoms. The Morgan fingerprint density at radius 1 is 1.18 bits per heavy atom. The van der Waals surface area contributed by atoms with Crippen LogP contribution in [-0.4, -0.2) is 74.6 Å². The summed E-state index contributed by atoms with van der Waals surface area (Å²) < 4.78 is 0. The summed E-state index contributed by atoms with van der Waals surface area (Å²) >= 11 is 0. The standard InChI is InChI=1S/C21H28N6O/c1-22-7-8-24-18-15-20(25-21(16-18)23-2)17-3-5-19(6-4-17)27-11-9-26(10-12-27)13-14-28/h3-8,15,28H,1,9-14,16H2,2H3,(H,23,25)/b8-7-,24-18-. The maximum Gasteiger partial charge on any atom is 0.108 e. The Morgan fingerprint density at radius 2 is 1.93 bits per heavy atom. The highest BCUT2D eigenvalue weighted by atomic mass is 16.3. The first-order valence-electron chi connectivity index (χ1n) is 9.56. The molecule has 28 heavy (non-hydrogen) atoms. The second-order valence-corrected chi connectivity index (χ2v) is 6.72. The topological polar surface area (TPSA) is 75.8 Å². The van der Waals surface area contributed by atoms with Crippen LogP contribution in [0.3, 0.4) is 0 Å². The van der Waals surface area contributed by atoms with Crippen LogP contribution in [0.25, 0.3) is 5.70 Å². The summed E-state index contributed by atoms with van der Waals surface area (Å²) in [5, 5.41) is 12.2. The molecular formula is C21H28N6O. The predicted octanol–water partition coefficient (Wildman–Crippen LogP) is 1.78. The van der Waals surface area contributed by atoms with Gasteiger partial charge in [-0.3, -0.25) is 14.9 Å². The van der Waals surface area contributed by atoms with E-state index in [0.29, 0.717) is 6.42 Å². The van der Waals surface area contributed by atoms with Crippen molar-refractivity contribution in [2.45, 2.75) is 6.42 Å². The van der Waals surface area contributed by atoms with Gasteiger partial charge in [-0.1, -0.05) is 12.1 Å². The summed E-state index contributed by atoms with van der Waals surface area (Å²) in [7, 11) is 1.88. The van der Waals surface area contributed by atoms with Crippen molar-refractivity contribution in [2.24, 2.45) is 15.0 Å². The third-order valence-electron chi connectivity index (χ3n) is 4.93. The second-order valence-electron chi connectivity index (χ2n) is 6.72. The molecule has 0 saturated carbocycles. The van der Waals surface area contributed by atoms with Gasteiger partial charge in [0.25, 0.3) is 0 Å². The third kappa shape index (κ3) is 5.15. The quantitative estimate of drug-likeness (QED) is 0.738. The zero-order chi connectivity index (χ0) is 19.8. The molecule has 3 rings (SSSR count). The van der Waals surface area contributed by atoms with E-state index < -0.39 is 0 Å². The fourth-order valence-electron chi connectivity index (χ4n) is 3.36. The van der Waals surface area contributed by atoms with E-state index >= 15 is 0 Å². The van der Waals surface area contributed by atoms with Crippen molar-refractivity contribution in [2.75, 3.05) is 51.3 Å². The number of amidine groups is 1. The Labute approximate surface area is 166 Å². The molecule has 0 bridgehead atoms. The number of aliphatic hydroxyl groups excluding tert-OH is 1. The number of hydrogen-bond donors (Lipinski definition) is 2. The van der Waals surface area contributed by atoms with Gasteiger partial charge in [-0.05, 0) is 24.9 Å². The number of benzene rings is 1. The number of anilines is 1. The van der Waals surface area contributed by atoms with Gasteiger partial charge in [-0.15, -0.1) is 0 Å². The van der Waals surface area contributed by atoms with E-state index in [1.54, 1.807) is 12.4 Å². The maximum atomic E-state index is 9.08. The van der Waals surface area contributed by atoms with Gasteiger partial charge in [0.15, 0.2) is 0 Å². The van der Waals surface area contributed by atoms with Crippen LogP contribution in [0.15, 0.2) is 57.7 Å². The molecule has 0 aliphatic carbocycles. The largest absolute Gasteiger partial charge is 0.395 e. The lowest BCUT2D eigenvalue weighted by Gasteiger charge is -2.35. The number of aliphatic imine (C=N–C) groups is 3. The Morgan fingerprint density at radius 3 is 2.57 bits per heavy atom. The SMILES string of the molecule is C=N/C=C\N=C1\C=C(c2ccc(N3CCN(CCO)CC3)cc2)N=C(NC)C1. The molecule has 2 aliphatic rings. The van der Waals surface area contributed by atoms with Gasteiger partial charge >= 0.3 is 0 Å². The van der Waals surface area contributed by atoms with E-state index in [2.05, 4.69) is 56.1 Å². The smallest absolute Gasteiger partial charge is 0.108 e. The number of hydrogen-bond acceptors (Lipinski definition) is 7. The average Bonchev–Trinajstić information content (AvgIpc) is 2.75. The Kier molecular flexibility index (Phi) is 7.11. The second kappa shape index (κ2) is 9.96. The summed E-state index contributed by atoms with van der Waals surface area (Å²) in [6.45, 7) is 8.32. The van der Waals surface area contributed by atoms with E-state index in [4.69, 9.17) is 10.1 Å². The van der Waals surface area contributed by atoms with Gasteiger partial charge in [0.1, 0.15) is 5.84 Å². The van der Waals surface area contributed by atoms with Gasteiger partial charge in [0, 0.05) is 69.8 Å². The molecule has 0 amide bonds. The summed E-state index contributed by atoms with van der Waals surface area (Å²) in [5.74, 6) is 0.889. The summed E-state index contributed by atoms with van der Waals surface area (Å²) in [4.78, 5) is 17.5. The monoisotopic (exact) mass is 380 g/mol. The van der Waals surface area contributed by atoms with Crippen molar-refractivity contribution in [3.8, 4) is 0 Å². The normalized spacial score (nSPS) is 19.6. The van der Waals surface area contributed by atoms with Gasteiger partial charge in [-0.2, -0.15) is 0 Å². The molecule has 1 fully saturated rings. The molecule has 148 valence electrons. The molecule has 1 saturated heterocycles. The van der Waals surface area contributed by atoms with Crippen molar-refractivity contribution in [3.63, 3.8) is 0 Å². The molecule has 1 aromatic rings. The van der Waals surface area contributed by atoms with Gasteiger partial charge in [0.2, 0.25) is 0 Å². The lowest BCUT2D eigenvalue weighted by Crippen LogP contribution is -2.47. The molecule has 0 unspecified atom stereocenters. The average molecular weight is 380 g/mol. The van der Waals surface area contributed by atoms with Gasteiger partial charge in [0.05, 0.1) is 18.0 Å². The van der Waals surface area contributed by atoms with E-state index in [0.717, 1.165) is 55.5 Å². The number of nitrogens with zero attached hydrogens (tertiary/aromatic N) is 5. The minimum absolute atomic E-state index is 0.226. The summed E-state index contributed by atoms with van der Waals surface area (Å²) in [6.07, 6.45) is 5.89. The number of aliphatic hydroxyl groups is 1. The van der Waals surface area contributed by atoms with Crippen LogP contribution in [-0.2, 0) is 0 Å². The van der Waals surface area contributed by atoms with Gasteiger partial charge in [-0.25, -0.2) is 4.99 Å². The Hall–Kier alpha value is -2.77. The van der Waals surface area contributed by atoms with Crippen molar-refractivity contribution < 1.29 is 5.11 Å². The van der Waals surface area contributed by atoms with Crippen molar-refractivity contribution in [1.82, 2.24) is 10.2 Å². The van der Waals surface area contributed by atoms with E-state index in [1.165, 1.54) is 5.69 Å². The Bertz CT molecular complexity index is 786. The fraction of sp³-hybridized carbons (Fsp3) is 0.381. The molecule has 2 heterocycles. The molecule has 0 spiro atoms. The van der Waals surface area contributed by atoms with Crippen molar-refractivity contribution >= 4 is 29.6 Å². The van der Waals surface area contributed by atoms with E-state index in [1.807, 2.05) is 13.1 Å². The van der Waals surface area contributed by atoms with Crippen molar-refractivity contribution in [1.29, 1.82) is 0 Å². The van der Waals surface area contributed by atoms with Crippen LogP contribution in [0, 0.1) is 0 Å². The van der Waals surface area contributed by atoms with Crippen LogP contribution in [0.2, 0.25) is 0 Å². The lowest BCUT2D eigenvalue weighted by atomic mass is 10.1. The lowest BCUT2D eigenvalue weighted by molar-refractivity contribution is 0.189. The number of β-amino-alcohol motifs (C(OH)–C–C–N with tert-alkyl or cyclic N) is 1. The fourth-order valence-corrected chi connectivity index (χ4v) is 3.36. The number of piperazine rings is 1.